The maximum atomic E-state index is 12.4. The summed E-state index contributed by atoms with van der Waals surface area (Å²) < 4.78 is 17.0. The second-order valence-corrected chi connectivity index (χ2v) is 7.63. The molecule has 2 aromatic heterocycles. The zero-order valence-electron chi connectivity index (χ0n) is 18.3. The van der Waals surface area contributed by atoms with Crippen LogP contribution in [0.1, 0.15) is 36.8 Å². The number of ether oxygens (including phenoxy) is 3. The molecule has 0 fully saturated rings. The van der Waals surface area contributed by atoms with Crippen molar-refractivity contribution >= 4 is 23.3 Å². The molecule has 0 spiro atoms. The topological polar surface area (TPSA) is 150 Å². The summed E-state index contributed by atoms with van der Waals surface area (Å²) in [5.41, 5.74) is 6.16. The summed E-state index contributed by atoms with van der Waals surface area (Å²) in [7, 11) is 3.08. The first-order valence-corrected chi connectivity index (χ1v) is 9.50. The summed E-state index contributed by atoms with van der Waals surface area (Å²) in [6.45, 7) is 5.24. The number of hydrogen-bond acceptors (Lipinski definition) is 10. The summed E-state index contributed by atoms with van der Waals surface area (Å²) >= 11 is 0. The van der Waals surface area contributed by atoms with E-state index in [1.165, 1.54) is 26.5 Å². The van der Waals surface area contributed by atoms with Gasteiger partial charge in [-0.25, -0.2) is 4.79 Å². The fourth-order valence-corrected chi connectivity index (χ4v) is 2.69. The Morgan fingerprint density at radius 1 is 1.12 bits per heavy atom. The predicted molar refractivity (Wildman–Crippen MR) is 116 cm³/mol. The molecular formula is C21H23N7O4. The van der Waals surface area contributed by atoms with Gasteiger partial charge in [-0.05, 0) is 20.8 Å². The predicted octanol–water partition coefficient (Wildman–Crippen LogP) is 2.83. The van der Waals surface area contributed by atoms with Crippen LogP contribution in [0.4, 0.5) is 17.3 Å². The average molecular weight is 437 g/mol. The molecule has 3 N–H and O–H groups in total. The lowest BCUT2D eigenvalue weighted by Crippen LogP contribution is -2.24. The minimum atomic E-state index is -0.697. The molecule has 0 saturated heterocycles. The molecule has 3 rings (SSSR count). The third-order valence-corrected chi connectivity index (χ3v) is 4.07. The van der Waals surface area contributed by atoms with Crippen LogP contribution in [0.2, 0.25) is 0 Å². The number of nitrogens with zero attached hydrogens (tertiary/aromatic N) is 5. The SMILES string of the molecule is COc1cc(Nc2cc(C#N)nc(-n3ncc(C(=O)OC(C)(C)C)c3N)n2)cc(OC)c1. The highest BCUT2D eigenvalue weighted by Crippen LogP contribution is 2.28. The Morgan fingerprint density at radius 3 is 2.34 bits per heavy atom. The van der Waals surface area contributed by atoms with Crippen molar-refractivity contribution in [3.05, 3.63) is 41.7 Å². The molecule has 2 heterocycles. The van der Waals surface area contributed by atoms with Crippen LogP contribution >= 0.6 is 0 Å². The van der Waals surface area contributed by atoms with E-state index in [0.29, 0.717) is 23.0 Å². The van der Waals surface area contributed by atoms with Crippen molar-refractivity contribution < 1.29 is 19.0 Å². The summed E-state index contributed by atoms with van der Waals surface area (Å²) in [5, 5.41) is 16.6. The van der Waals surface area contributed by atoms with Gasteiger partial charge in [-0.3, -0.25) is 0 Å². The molecule has 0 aliphatic rings. The first-order chi connectivity index (χ1) is 15.1. The van der Waals surface area contributed by atoms with E-state index < -0.39 is 11.6 Å². The van der Waals surface area contributed by atoms with Gasteiger partial charge < -0.3 is 25.3 Å². The molecule has 0 aliphatic carbocycles. The van der Waals surface area contributed by atoms with Gasteiger partial charge in [-0.2, -0.15) is 25.0 Å². The van der Waals surface area contributed by atoms with Gasteiger partial charge in [0.05, 0.1) is 20.4 Å². The number of carbonyl (C=O) groups excluding carboxylic acids is 1. The number of rotatable bonds is 6. The molecule has 3 aromatic rings. The van der Waals surface area contributed by atoms with Gasteiger partial charge in [-0.15, -0.1) is 0 Å². The number of benzene rings is 1. The van der Waals surface area contributed by atoms with Crippen molar-refractivity contribution in [1.29, 1.82) is 5.26 Å². The fourth-order valence-electron chi connectivity index (χ4n) is 2.69. The molecule has 0 aliphatic heterocycles. The number of nitrogen functional groups attached to an aromatic ring is 1. The normalized spacial score (nSPS) is 10.9. The quantitative estimate of drug-likeness (QED) is 0.551. The third kappa shape index (κ3) is 5.04. The highest BCUT2D eigenvalue weighted by Gasteiger charge is 2.24. The molecule has 32 heavy (non-hydrogen) atoms. The van der Waals surface area contributed by atoms with E-state index in [-0.39, 0.29) is 23.0 Å². The minimum Gasteiger partial charge on any atom is -0.497 e. The number of hydrogen-bond donors (Lipinski definition) is 2. The van der Waals surface area contributed by atoms with E-state index in [9.17, 15) is 10.1 Å². The van der Waals surface area contributed by atoms with Crippen molar-refractivity contribution in [2.75, 3.05) is 25.3 Å². The lowest BCUT2D eigenvalue weighted by molar-refractivity contribution is 0.00708. The summed E-state index contributed by atoms with van der Waals surface area (Å²) in [6.07, 6.45) is 1.27. The minimum absolute atomic E-state index is 0.00807. The third-order valence-electron chi connectivity index (χ3n) is 4.07. The summed E-state index contributed by atoms with van der Waals surface area (Å²) in [6, 6.07) is 8.63. The first kappa shape index (κ1) is 22.4. The Bertz CT molecular complexity index is 1170. The van der Waals surface area contributed by atoms with Crippen molar-refractivity contribution in [1.82, 2.24) is 19.7 Å². The van der Waals surface area contributed by atoms with Crippen LogP contribution in [0.25, 0.3) is 5.95 Å². The molecule has 0 atom stereocenters. The molecule has 1 aromatic carbocycles. The maximum Gasteiger partial charge on any atom is 0.344 e. The highest BCUT2D eigenvalue weighted by molar-refractivity contribution is 5.94. The smallest absolute Gasteiger partial charge is 0.344 e. The Hall–Kier alpha value is -4.33. The van der Waals surface area contributed by atoms with Crippen LogP contribution in [0.3, 0.4) is 0 Å². The van der Waals surface area contributed by atoms with E-state index in [4.69, 9.17) is 19.9 Å². The maximum absolute atomic E-state index is 12.4. The van der Waals surface area contributed by atoms with E-state index in [1.54, 1.807) is 39.0 Å². The van der Waals surface area contributed by atoms with E-state index in [2.05, 4.69) is 20.4 Å². The number of carbonyl (C=O) groups is 1. The zero-order valence-corrected chi connectivity index (χ0v) is 18.3. The second kappa shape index (κ2) is 8.81. The lowest BCUT2D eigenvalue weighted by Gasteiger charge is -2.19. The Balaban J connectivity index is 1.98. The number of esters is 1. The average Bonchev–Trinajstić information content (AvgIpc) is 3.13. The number of anilines is 3. The standard InChI is InChI=1S/C21H23N7O4/c1-21(2,3)32-19(29)16-11-24-28(18(16)23)20-26-13(10-22)8-17(27-20)25-12-6-14(30-4)9-15(7-12)31-5/h6-9,11H,23H2,1-5H3,(H,25,26,27). The second-order valence-electron chi connectivity index (χ2n) is 7.63. The van der Waals surface area contributed by atoms with Gasteiger partial charge in [0.15, 0.2) is 0 Å². The van der Waals surface area contributed by atoms with Crippen LogP contribution in [0.5, 0.6) is 11.5 Å². The largest absolute Gasteiger partial charge is 0.497 e. The Labute approximate surface area is 184 Å². The Morgan fingerprint density at radius 2 is 1.78 bits per heavy atom. The molecule has 0 radical (unpaired) electrons. The Kier molecular flexibility index (Phi) is 6.15. The van der Waals surface area contributed by atoms with Crippen LogP contribution < -0.4 is 20.5 Å². The van der Waals surface area contributed by atoms with Gasteiger partial charge in [0, 0.05) is 30.0 Å². The molecule has 0 amide bonds. The summed E-state index contributed by atoms with van der Waals surface area (Å²) in [4.78, 5) is 20.9. The molecular weight excluding hydrogens is 414 g/mol. The number of nitrogens with one attached hydrogen (secondary N) is 1. The van der Waals surface area contributed by atoms with Crippen LogP contribution in [-0.2, 0) is 4.74 Å². The van der Waals surface area contributed by atoms with Crippen molar-refractivity contribution in [3.8, 4) is 23.5 Å². The fraction of sp³-hybridized carbons (Fsp3) is 0.286. The van der Waals surface area contributed by atoms with Crippen molar-refractivity contribution in [2.45, 2.75) is 26.4 Å². The van der Waals surface area contributed by atoms with Crippen LogP contribution in [0.15, 0.2) is 30.5 Å². The molecule has 0 saturated carbocycles. The van der Waals surface area contributed by atoms with Gasteiger partial charge in [-0.1, -0.05) is 0 Å². The molecule has 11 heteroatoms. The number of aromatic nitrogens is 4. The zero-order chi connectivity index (χ0) is 23.5. The van der Waals surface area contributed by atoms with Gasteiger partial charge in [0.2, 0.25) is 0 Å². The molecule has 166 valence electrons. The number of nitrogens with two attached hydrogens (primary N) is 1. The highest BCUT2D eigenvalue weighted by atomic mass is 16.6. The van der Waals surface area contributed by atoms with Crippen molar-refractivity contribution in [3.63, 3.8) is 0 Å². The van der Waals surface area contributed by atoms with Gasteiger partial charge in [0.25, 0.3) is 5.95 Å². The van der Waals surface area contributed by atoms with E-state index >= 15 is 0 Å². The summed E-state index contributed by atoms with van der Waals surface area (Å²) in [5.74, 6) is 0.812. The van der Waals surface area contributed by atoms with Gasteiger partial charge in [0.1, 0.15) is 46.1 Å². The lowest BCUT2D eigenvalue weighted by atomic mass is 10.2. The number of nitriles is 1. The van der Waals surface area contributed by atoms with E-state index in [1.807, 2.05) is 6.07 Å². The van der Waals surface area contributed by atoms with Crippen molar-refractivity contribution in [2.24, 2.45) is 0 Å². The monoisotopic (exact) mass is 437 g/mol. The van der Waals surface area contributed by atoms with Crippen LogP contribution in [0, 0.1) is 11.3 Å². The first-order valence-electron chi connectivity index (χ1n) is 9.50. The van der Waals surface area contributed by atoms with Gasteiger partial charge >= 0.3 is 5.97 Å². The number of methoxy groups -OCH3 is 2. The van der Waals surface area contributed by atoms with E-state index in [0.717, 1.165) is 4.68 Å². The molecule has 11 nitrogen and oxygen atoms in total. The van der Waals surface area contributed by atoms with Crippen LogP contribution in [-0.4, -0.2) is 45.5 Å². The molecule has 0 unspecified atom stereocenters. The molecule has 0 bridgehead atoms.